The molecule has 0 spiro atoms. The van der Waals surface area contributed by atoms with Crippen molar-refractivity contribution in [2.24, 2.45) is 10.2 Å². The van der Waals surface area contributed by atoms with E-state index < -0.39 is 0 Å². The van der Waals surface area contributed by atoms with Crippen molar-refractivity contribution < 1.29 is 4.79 Å². The fourth-order valence-corrected chi connectivity index (χ4v) is 2.36. The molecule has 7 nitrogen and oxygen atoms in total. The summed E-state index contributed by atoms with van der Waals surface area (Å²) in [4.78, 5) is 16.5. The Morgan fingerprint density at radius 2 is 2.13 bits per heavy atom. The first kappa shape index (κ1) is 14.9. The van der Waals surface area contributed by atoms with Crippen molar-refractivity contribution >= 4 is 5.91 Å². The Kier molecular flexibility index (Phi) is 4.15. The average molecular weight is 308 g/mol. The van der Waals surface area contributed by atoms with Gasteiger partial charge in [-0.05, 0) is 6.07 Å². The monoisotopic (exact) mass is 308 g/mol. The SMILES string of the molecule is C#CCCC1(CCNC(=O)c2ccccc2-c2ncn[nH]2)N=N1. The average Bonchev–Trinajstić information content (AvgIpc) is 3.13. The second kappa shape index (κ2) is 6.40. The van der Waals surface area contributed by atoms with E-state index in [1.807, 2.05) is 18.2 Å². The number of rotatable bonds is 7. The third kappa shape index (κ3) is 3.43. The minimum atomic E-state index is -0.385. The molecule has 2 N–H and O–H groups in total. The van der Waals surface area contributed by atoms with E-state index in [4.69, 9.17) is 6.42 Å². The van der Waals surface area contributed by atoms with E-state index in [1.54, 1.807) is 6.07 Å². The zero-order valence-corrected chi connectivity index (χ0v) is 12.5. The quantitative estimate of drug-likeness (QED) is 0.767. The van der Waals surface area contributed by atoms with Crippen LogP contribution in [-0.4, -0.2) is 33.3 Å². The maximum Gasteiger partial charge on any atom is 0.252 e. The standard InChI is InChI=1S/C16H16N6O/c1-2-3-8-16(21-22-16)9-10-17-15(23)13-7-5-4-6-12(13)14-18-11-19-20-14/h1,4-7,11H,3,8-10H2,(H,17,23)(H,18,19,20). The molecule has 0 unspecified atom stereocenters. The maximum atomic E-state index is 12.4. The summed E-state index contributed by atoms with van der Waals surface area (Å²) in [6, 6.07) is 7.25. The van der Waals surface area contributed by atoms with Gasteiger partial charge in [-0.2, -0.15) is 15.3 Å². The third-order valence-electron chi connectivity index (χ3n) is 3.71. The predicted molar refractivity (Wildman–Crippen MR) is 84.4 cm³/mol. The fourth-order valence-electron chi connectivity index (χ4n) is 2.36. The van der Waals surface area contributed by atoms with Crippen molar-refractivity contribution in [2.75, 3.05) is 6.54 Å². The van der Waals surface area contributed by atoms with Crippen molar-refractivity contribution in [1.29, 1.82) is 0 Å². The van der Waals surface area contributed by atoms with Gasteiger partial charge in [0.15, 0.2) is 11.5 Å². The van der Waals surface area contributed by atoms with Crippen LogP contribution in [0.2, 0.25) is 0 Å². The lowest BCUT2D eigenvalue weighted by atomic mass is 10.0. The van der Waals surface area contributed by atoms with Gasteiger partial charge in [0.25, 0.3) is 5.91 Å². The highest BCUT2D eigenvalue weighted by atomic mass is 16.1. The first-order valence-corrected chi connectivity index (χ1v) is 7.35. The lowest BCUT2D eigenvalue weighted by Crippen LogP contribution is -2.28. The van der Waals surface area contributed by atoms with Crippen molar-refractivity contribution in [3.8, 4) is 23.7 Å². The molecular formula is C16H16N6O. The van der Waals surface area contributed by atoms with Gasteiger partial charge in [-0.3, -0.25) is 9.89 Å². The lowest BCUT2D eigenvalue weighted by Gasteiger charge is -2.11. The minimum absolute atomic E-state index is 0.162. The zero-order valence-electron chi connectivity index (χ0n) is 12.5. The van der Waals surface area contributed by atoms with Crippen LogP contribution in [0.3, 0.4) is 0 Å². The van der Waals surface area contributed by atoms with E-state index >= 15 is 0 Å². The molecule has 2 heterocycles. The molecule has 0 radical (unpaired) electrons. The van der Waals surface area contributed by atoms with Crippen molar-refractivity contribution in [3.05, 3.63) is 36.2 Å². The summed E-state index contributed by atoms with van der Waals surface area (Å²) in [5, 5.41) is 17.6. The number of terminal acetylenes is 1. The maximum absolute atomic E-state index is 12.4. The Hall–Kier alpha value is -3.01. The number of benzene rings is 1. The molecule has 1 amide bonds. The highest BCUT2D eigenvalue weighted by Gasteiger charge is 2.38. The number of hydrogen-bond donors (Lipinski definition) is 2. The van der Waals surface area contributed by atoms with Crippen LogP contribution in [0.4, 0.5) is 0 Å². The molecule has 1 aromatic heterocycles. The minimum Gasteiger partial charge on any atom is -0.352 e. The number of nitrogens with one attached hydrogen (secondary N) is 2. The van der Waals surface area contributed by atoms with Gasteiger partial charge < -0.3 is 5.32 Å². The predicted octanol–water partition coefficient (Wildman–Crippen LogP) is 2.17. The number of aromatic nitrogens is 3. The molecule has 1 aromatic carbocycles. The molecular weight excluding hydrogens is 292 g/mol. The number of hydrogen-bond acceptors (Lipinski definition) is 5. The highest BCUT2D eigenvalue weighted by molar-refractivity contribution is 6.00. The van der Waals surface area contributed by atoms with Crippen LogP contribution in [0, 0.1) is 12.3 Å². The third-order valence-corrected chi connectivity index (χ3v) is 3.71. The first-order chi connectivity index (χ1) is 11.2. The first-order valence-electron chi connectivity index (χ1n) is 7.35. The number of aromatic amines is 1. The van der Waals surface area contributed by atoms with Crippen LogP contribution in [-0.2, 0) is 0 Å². The molecule has 0 saturated carbocycles. The molecule has 116 valence electrons. The van der Waals surface area contributed by atoms with Gasteiger partial charge in [-0.25, -0.2) is 4.98 Å². The topological polar surface area (TPSA) is 95.4 Å². The Morgan fingerprint density at radius 1 is 1.30 bits per heavy atom. The molecule has 0 bridgehead atoms. The second-order valence-electron chi connectivity index (χ2n) is 5.27. The highest BCUT2D eigenvalue weighted by Crippen LogP contribution is 2.36. The van der Waals surface area contributed by atoms with Gasteiger partial charge in [0.05, 0.1) is 5.56 Å². The van der Waals surface area contributed by atoms with Gasteiger partial charge in [0, 0.05) is 31.4 Å². The molecule has 7 heteroatoms. The van der Waals surface area contributed by atoms with Gasteiger partial charge in [-0.15, -0.1) is 12.3 Å². The fraction of sp³-hybridized carbons (Fsp3) is 0.312. The van der Waals surface area contributed by atoms with Gasteiger partial charge in [-0.1, -0.05) is 18.2 Å². The molecule has 23 heavy (non-hydrogen) atoms. The van der Waals surface area contributed by atoms with Crippen LogP contribution in [0.15, 0.2) is 40.8 Å². The van der Waals surface area contributed by atoms with E-state index in [2.05, 4.69) is 36.6 Å². The molecule has 2 aromatic rings. The van der Waals surface area contributed by atoms with Crippen molar-refractivity contribution in [2.45, 2.75) is 24.9 Å². The lowest BCUT2D eigenvalue weighted by molar-refractivity contribution is 0.0952. The summed E-state index contributed by atoms with van der Waals surface area (Å²) in [5.74, 6) is 2.99. The Labute approximate surface area is 133 Å². The van der Waals surface area contributed by atoms with Crippen molar-refractivity contribution in [3.63, 3.8) is 0 Å². The van der Waals surface area contributed by atoms with Crippen LogP contribution < -0.4 is 5.32 Å². The summed E-state index contributed by atoms with van der Waals surface area (Å²) < 4.78 is 0. The molecule has 0 atom stereocenters. The number of nitrogens with zero attached hydrogens (tertiary/aromatic N) is 4. The van der Waals surface area contributed by atoms with Crippen LogP contribution in [0.5, 0.6) is 0 Å². The summed E-state index contributed by atoms with van der Waals surface area (Å²) in [6.07, 6.45) is 8.70. The number of amides is 1. The van der Waals surface area contributed by atoms with E-state index in [9.17, 15) is 4.79 Å². The number of carbonyl (C=O) groups is 1. The molecule has 0 aliphatic carbocycles. The summed E-state index contributed by atoms with van der Waals surface area (Å²) >= 11 is 0. The van der Waals surface area contributed by atoms with Gasteiger partial charge in [0.1, 0.15) is 6.33 Å². The second-order valence-corrected chi connectivity index (χ2v) is 5.27. The van der Waals surface area contributed by atoms with E-state index in [0.717, 1.165) is 6.42 Å². The molecule has 0 saturated heterocycles. The summed E-state index contributed by atoms with van der Waals surface area (Å²) in [7, 11) is 0. The smallest absolute Gasteiger partial charge is 0.252 e. The van der Waals surface area contributed by atoms with Crippen LogP contribution in [0.25, 0.3) is 11.4 Å². The normalized spacial score (nSPS) is 14.2. The molecule has 0 fully saturated rings. The van der Waals surface area contributed by atoms with Gasteiger partial charge in [0.2, 0.25) is 0 Å². The molecule has 1 aliphatic heterocycles. The number of carbonyl (C=O) groups excluding carboxylic acids is 1. The van der Waals surface area contributed by atoms with Gasteiger partial charge >= 0.3 is 0 Å². The summed E-state index contributed by atoms with van der Waals surface area (Å²) in [5.41, 5.74) is 0.876. The van der Waals surface area contributed by atoms with E-state index in [-0.39, 0.29) is 11.6 Å². The Morgan fingerprint density at radius 3 is 2.83 bits per heavy atom. The van der Waals surface area contributed by atoms with E-state index in [0.29, 0.717) is 36.3 Å². The van der Waals surface area contributed by atoms with Crippen molar-refractivity contribution in [1.82, 2.24) is 20.5 Å². The summed E-state index contributed by atoms with van der Waals surface area (Å²) in [6.45, 7) is 0.487. The van der Waals surface area contributed by atoms with Crippen LogP contribution >= 0.6 is 0 Å². The largest absolute Gasteiger partial charge is 0.352 e. The zero-order chi connectivity index (χ0) is 16.1. The number of H-pyrrole nitrogens is 1. The van der Waals surface area contributed by atoms with E-state index in [1.165, 1.54) is 6.33 Å². The van der Waals surface area contributed by atoms with Crippen LogP contribution in [0.1, 0.15) is 29.6 Å². The Bertz CT molecular complexity index is 753. The molecule has 1 aliphatic rings. The molecule has 3 rings (SSSR count). The Balaban J connectivity index is 1.60.